The largest absolute Gasteiger partial charge is 0.424 e. The molecule has 19 heavy (non-hydrogen) atoms. The van der Waals surface area contributed by atoms with Crippen LogP contribution in [0.15, 0.2) is 17.2 Å². The summed E-state index contributed by atoms with van der Waals surface area (Å²) in [4.78, 5) is 21.4. The van der Waals surface area contributed by atoms with E-state index in [1.54, 1.807) is 0 Å². The molecule has 6 nitrogen and oxygen atoms in total. The fraction of sp³-hybridized carbons (Fsp3) is 0.182. The van der Waals surface area contributed by atoms with Crippen molar-refractivity contribution in [3.63, 3.8) is 0 Å². The standard InChI is InChI=1S/C11H11I2N3O3/c1-6(17)19-10-8(12)4-7(5-9(10)13)2-3-15-16-11(14)18/h3-5H,2H2,1H3,(H3,14,16,18). The smallest absolute Gasteiger partial charge is 0.332 e. The van der Waals surface area contributed by atoms with Gasteiger partial charge in [0.05, 0.1) is 7.14 Å². The van der Waals surface area contributed by atoms with Gasteiger partial charge in [0, 0.05) is 19.6 Å². The summed E-state index contributed by atoms with van der Waals surface area (Å²) < 4.78 is 6.80. The third kappa shape index (κ3) is 5.72. The summed E-state index contributed by atoms with van der Waals surface area (Å²) in [5, 5.41) is 3.66. The number of hydrogen-bond acceptors (Lipinski definition) is 4. The highest BCUT2D eigenvalue weighted by Crippen LogP contribution is 2.29. The Bertz CT molecular complexity index is 509. The molecular weight excluding hydrogens is 476 g/mol. The molecule has 0 aliphatic carbocycles. The molecule has 0 saturated heterocycles. The zero-order valence-corrected chi connectivity index (χ0v) is 14.3. The van der Waals surface area contributed by atoms with Crippen LogP contribution in [0.5, 0.6) is 5.75 Å². The zero-order chi connectivity index (χ0) is 14.4. The fourth-order valence-corrected chi connectivity index (χ4v) is 3.35. The van der Waals surface area contributed by atoms with Gasteiger partial charge in [0.2, 0.25) is 0 Å². The van der Waals surface area contributed by atoms with E-state index in [-0.39, 0.29) is 5.97 Å². The summed E-state index contributed by atoms with van der Waals surface area (Å²) in [6.07, 6.45) is 2.07. The Morgan fingerprint density at radius 1 is 1.42 bits per heavy atom. The number of hydrazone groups is 1. The van der Waals surface area contributed by atoms with Crippen molar-refractivity contribution in [3.05, 3.63) is 24.8 Å². The van der Waals surface area contributed by atoms with E-state index in [0.29, 0.717) is 12.2 Å². The zero-order valence-electron chi connectivity index (χ0n) is 9.94. The Kier molecular flexibility index (Phi) is 6.48. The number of primary amides is 1. The van der Waals surface area contributed by atoms with Gasteiger partial charge >= 0.3 is 12.0 Å². The summed E-state index contributed by atoms with van der Waals surface area (Å²) in [7, 11) is 0. The van der Waals surface area contributed by atoms with Gasteiger partial charge in [-0.25, -0.2) is 10.2 Å². The Labute approximate surface area is 137 Å². The van der Waals surface area contributed by atoms with Crippen LogP contribution in [0, 0.1) is 7.14 Å². The van der Waals surface area contributed by atoms with E-state index in [1.165, 1.54) is 13.1 Å². The van der Waals surface area contributed by atoms with Gasteiger partial charge in [-0.3, -0.25) is 4.79 Å². The molecule has 0 aliphatic heterocycles. The Morgan fingerprint density at radius 2 is 2.00 bits per heavy atom. The molecule has 0 unspecified atom stereocenters. The molecule has 0 saturated carbocycles. The van der Waals surface area contributed by atoms with E-state index in [0.717, 1.165) is 12.7 Å². The van der Waals surface area contributed by atoms with E-state index >= 15 is 0 Å². The number of nitrogens with one attached hydrogen (secondary N) is 1. The van der Waals surface area contributed by atoms with E-state index in [4.69, 9.17) is 10.5 Å². The maximum absolute atomic E-state index is 11.0. The second-order valence-corrected chi connectivity index (χ2v) is 5.80. The van der Waals surface area contributed by atoms with Crippen LogP contribution < -0.4 is 15.9 Å². The van der Waals surface area contributed by atoms with Crippen molar-refractivity contribution in [1.82, 2.24) is 5.43 Å². The number of carbonyl (C=O) groups excluding carboxylic acids is 2. The lowest BCUT2D eigenvalue weighted by molar-refractivity contribution is -0.132. The molecule has 0 fully saturated rings. The first-order valence-corrected chi connectivity index (χ1v) is 7.29. The maximum Gasteiger partial charge on any atom is 0.332 e. The van der Waals surface area contributed by atoms with Crippen molar-refractivity contribution in [3.8, 4) is 5.75 Å². The topological polar surface area (TPSA) is 93.8 Å². The molecular formula is C11H11I2N3O3. The third-order valence-electron chi connectivity index (χ3n) is 1.90. The molecule has 2 amide bonds. The maximum atomic E-state index is 11.0. The van der Waals surface area contributed by atoms with Crippen molar-refractivity contribution in [2.24, 2.45) is 10.8 Å². The average molecular weight is 487 g/mol. The molecule has 102 valence electrons. The predicted molar refractivity (Wildman–Crippen MR) is 88.1 cm³/mol. The summed E-state index contributed by atoms with van der Waals surface area (Å²) in [5.41, 5.74) is 7.98. The summed E-state index contributed by atoms with van der Waals surface area (Å²) in [6, 6.07) is 3.07. The van der Waals surface area contributed by atoms with E-state index in [2.05, 4.69) is 55.7 Å². The third-order valence-corrected chi connectivity index (χ3v) is 3.50. The SMILES string of the molecule is CC(=O)Oc1c(I)cc(CC=NNC(N)=O)cc1I. The van der Waals surface area contributed by atoms with Gasteiger partial charge in [-0.1, -0.05) is 0 Å². The Balaban J connectivity index is 2.80. The number of urea groups is 1. The molecule has 0 atom stereocenters. The van der Waals surface area contributed by atoms with Crippen molar-refractivity contribution in [2.75, 3.05) is 0 Å². The van der Waals surface area contributed by atoms with Crippen LogP contribution in [0.3, 0.4) is 0 Å². The second kappa shape index (κ2) is 7.62. The first-order chi connectivity index (χ1) is 8.90. The lowest BCUT2D eigenvalue weighted by Crippen LogP contribution is -2.24. The van der Waals surface area contributed by atoms with Crippen LogP contribution >= 0.6 is 45.2 Å². The van der Waals surface area contributed by atoms with E-state index in [9.17, 15) is 9.59 Å². The molecule has 0 radical (unpaired) electrons. The molecule has 0 heterocycles. The number of ether oxygens (including phenoxy) is 1. The van der Waals surface area contributed by atoms with Crippen molar-refractivity contribution in [2.45, 2.75) is 13.3 Å². The van der Waals surface area contributed by atoms with Crippen LogP contribution in [0.25, 0.3) is 0 Å². The van der Waals surface area contributed by atoms with Gasteiger partial charge in [0.15, 0.2) is 5.75 Å². The molecule has 1 rings (SSSR count). The van der Waals surface area contributed by atoms with Crippen LogP contribution in [-0.2, 0) is 11.2 Å². The highest BCUT2D eigenvalue weighted by molar-refractivity contribution is 14.1. The lowest BCUT2D eigenvalue weighted by Gasteiger charge is -2.08. The molecule has 0 aliphatic rings. The monoisotopic (exact) mass is 487 g/mol. The van der Waals surface area contributed by atoms with Crippen molar-refractivity contribution >= 4 is 63.4 Å². The minimum absolute atomic E-state index is 0.351. The fourth-order valence-electron chi connectivity index (χ4n) is 1.23. The lowest BCUT2D eigenvalue weighted by atomic mass is 10.1. The van der Waals surface area contributed by atoms with Gasteiger partial charge in [-0.15, -0.1) is 0 Å². The Morgan fingerprint density at radius 3 is 2.47 bits per heavy atom. The normalized spacial score (nSPS) is 10.5. The molecule has 8 heteroatoms. The van der Waals surface area contributed by atoms with Crippen LogP contribution in [0.4, 0.5) is 4.79 Å². The highest BCUT2D eigenvalue weighted by Gasteiger charge is 2.10. The number of rotatable bonds is 4. The highest BCUT2D eigenvalue weighted by atomic mass is 127. The van der Waals surface area contributed by atoms with Crippen LogP contribution in [-0.4, -0.2) is 18.2 Å². The molecule has 1 aromatic rings. The molecule has 3 N–H and O–H groups in total. The minimum atomic E-state index is -0.703. The van der Waals surface area contributed by atoms with Gasteiger partial charge in [-0.05, 0) is 62.9 Å². The molecule has 1 aromatic carbocycles. The number of nitrogens with zero attached hydrogens (tertiary/aromatic N) is 1. The number of hydrogen-bond donors (Lipinski definition) is 2. The number of nitrogens with two attached hydrogens (primary N) is 1. The Hall–Kier alpha value is -0.910. The number of amides is 2. The van der Waals surface area contributed by atoms with Crippen LogP contribution in [0.1, 0.15) is 12.5 Å². The van der Waals surface area contributed by atoms with E-state index in [1.807, 2.05) is 12.1 Å². The summed E-state index contributed by atoms with van der Waals surface area (Å²) >= 11 is 4.20. The molecule has 0 bridgehead atoms. The number of esters is 1. The van der Waals surface area contributed by atoms with Crippen molar-refractivity contribution < 1.29 is 14.3 Å². The number of halogens is 2. The number of benzene rings is 1. The summed E-state index contributed by atoms with van der Waals surface area (Å²) in [6.45, 7) is 1.36. The number of carbonyl (C=O) groups is 2. The average Bonchev–Trinajstić information content (AvgIpc) is 2.29. The first-order valence-electron chi connectivity index (χ1n) is 5.13. The molecule has 0 spiro atoms. The van der Waals surface area contributed by atoms with Gasteiger partial charge < -0.3 is 10.5 Å². The first kappa shape index (κ1) is 16.1. The predicted octanol–water partition coefficient (Wildman–Crippen LogP) is 2.02. The van der Waals surface area contributed by atoms with Gasteiger partial charge in [0.25, 0.3) is 0 Å². The van der Waals surface area contributed by atoms with E-state index < -0.39 is 6.03 Å². The second-order valence-electron chi connectivity index (χ2n) is 3.47. The van der Waals surface area contributed by atoms with Gasteiger partial charge in [0.1, 0.15) is 0 Å². The molecule has 0 aromatic heterocycles. The van der Waals surface area contributed by atoms with Crippen molar-refractivity contribution in [1.29, 1.82) is 0 Å². The summed E-state index contributed by atoms with van der Waals surface area (Å²) in [5.74, 6) is 0.209. The minimum Gasteiger partial charge on any atom is -0.424 e. The van der Waals surface area contributed by atoms with Gasteiger partial charge in [-0.2, -0.15) is 5.10 Å². The van der Waals surface area contributed by atoms with Crippen LogP contribution in [0.2, 0.25) is 0 Å². The quantitative estimate of drug-likeness (QED) is 0.224.